The molecular formula is C24H33ClN2O4S. The lowest BCUT2D eigenvalue weighted by Crippen LogP contribution is -2.18. The Hall–Kier alpha value is -2.12. The quantitative estimate of drug-likeness (QED) is 0.282. The molecule has 0 atom stereocenters. The van der Waals surface area contributed by atoms with E-state index < -0.39 is 10.1 Å². The van der Waals surface area contributed by atoms with Gasteiger partial charge in [0.15, 0.2) is 5.78 Å². The molecule has 1 aromatic heterocycles. The van der Waals surface area contributed by atoms with Crippen LogP contribution >= 0.6 is 11.6 Å². The summed E-state index contributed by atoms with van der Waals surface area (Å²) >= 11 is 6.45. The highest BCUT2D eigenvalue weighted by Crippen LogP contribution is 2.33. The van der Waals surface area contributed by atoms with E-state index in [9.17, 15) is 13.2 Å². The summed E-state index contributed by atoms with van der Waals surface area (Å²) in [5.41, 5.74) is 4.22. The van der Waals surface area contributed by atoms with E-state index in [2.05, 4.69) is 5.10 Å². The zero-order valence-corrected chi connectivity index (χ0v) is 21.4. The molecule has 0 aliphatic carbocycles. The molecule has 0 saturated heterocycles. The lowest BCUT2D eigenvalue weighted by atomic mass is 9.92. The van der Waals surface area contributed by atoms with Crippen LogP contribution in [0.3, 0.4) is 0 Å². The zero-order chi connectivity index (χ0) is 24.1. The number of hydrogen-bond donors (Lipinski definition) is 0. The molecule has 8 heteroatoms. The van der Waals surface area contributed by atoms with E-state index in [0.717, 1.165) is 41.5 Å². The first-order chi connectivity index (χ1) is 15.0. The van der Waals surface area contributed by atoms with Crippen LogP contribution in [0.25, 0.3) is 5.57 Å². The molecule has 0 fully saturated rings. The van der Waals surface area contributed by atoms with Crippen molar-refractivity contribution in [2.24, 2.45) is 0 Å². The van der Waals surface area contributed by atoms with E-state index in [1.165, 1.54) is 10.9 Å². The maximum atomic E-state index is 13.5. The minimum Gasteiger partial charge on any atom is -0.361 e. The molecule has 6 nitrogen and oxygen atoms in total. The second-order valence-corrected chi connectivity index (χ2v) is 10.3. The van der Waals surface area contributed by atoms with Gasteiger partial charge in [0.25, 0.3) is 0 Å². The molecule has 0 saturated carbocycles. The molecule has 0 bridgehead atoms. The fraction of sp³-hybridized carbons (Fsp3) is 0.500. The first-order valence-corrected chi connectivity index (χ1v) is 13.0. The first kappa shape index (κ1) is 26.1. The van der Waals surface area contributed by atoms with Crippen LogP contribution in [0, 0.1) is 6.92 Å². The second-order valence-electron chi connectivity index (χ2n) is 8.19. The number of unbranched alkanes of at least 4 members (excludes halogenated alkanes) is 2. The third kappa shape index (κ3) is 6.01. The fourth-order valence-corrected chi connectivity index (χ4v) is 4.84. The minimum atomic E-state index is -3.84. The van der Waals surface area contributed by atoms with Gasteiger partial charge in [-0.3, -0.25) is 4.79 Å². The Morgan fingerprint density at radius 2 is 1.75 bits per heavy atom. The van der Waals surface area contributed by atoms with Gasteiger partial charge in [-0.05, 0) is 69.4 Å². The van der Waals surface area contributed by atoms with Gasteiger partial charge in [0.1, 0.15) is 5.56 Å². The Bertz CT molecular complexity index is 1110. The molecule has 2 aromatic rings. The number of aryl methyl sites for hydroxylation is 1. The Morgan fingerprint density at radius 3 is 2.34 bits per heavy atom. The van der Waals surface area contributed by atoms with E-state index in [1.54, 1.807) is 12.1 Å². The predicted molar refractivity (Wildman–Crippen MR) is 130 cm³/mol. The highest BCUT2D eigenvalue weighted by atomic mass is 35.5. The van der Waals surface area contributed by atoms with E-state index in [0.29, 0.717) is 23.6 Å². The number of ketones is 1. The number of hydrogen-bond acceptors (Lipinski definition) is 5. The maximum Gasteiger partial charge on any atom is 0.310 e. The van der Waals surface area contributed by atoms with Gasteiger partial charge in [-0.25, -0.2) is 4.68 Å². The van der Waals surface area contributed by atoms with Crippen molar-refractivity contribution in [1.29, 1.82) is 0 Å². The van der Waals surface area contributed by atoms with Gasteiger partial charge < -0.3 is 4.18 Å². The van der Waals surface area contributed by atoms with E-state index in [-0.39, 0.29) is 23.0 Å². The van der Waals surface area contributed by atoms with Crippen LogP contribution in [0.2, 0.25) is 5.02 Å². The molecule has 1 aromatic carbocycles. The number of benzene rings is 1. The first-order valence-electron chi connectivity index (χ1n) is 11.0. The Balaban J connectivity index is 2.58. The highest BCUT2D eigenvalue weighted by molar-refractivity contribution is 7.87. The smallest absolute Gasteiger partial charge is 0.310 e. The van der Waals surface area contributed by atoms with Gasteiger partial charge in [-0.1, -0.05) is 43.9 Å². The number of carbonyl (C=O) groups excluding carboxylic acids is 1. The Morgan fingerprint density at radius 1 is 1.09 bits per heavy atom. The van der Waals surface area contributed by atoms with Crippen LogP contribution in [-0.4, -0.2) is 29.7 Å². The van der Waals surface area contributed by atoms with Crippen molar-refractivity contribution in [2.75, 3.05) is 5.75 Å². The molecule has 0 N–H and O–H groups in total. The zero-order valence-electron chi connectivity index (χ0n) is 19.8. The molecule has 0 unspecified atom stereocenters. The third-order valence-corrected chi connectivity index (χ3v) is 7.01. The van der Waals surface area contributed by atoms with Crippen molar-refractivity contribution in [1.82, 2.24) is 9.78 Å². The summed E-state index contributed by atoms with van der Waals surface area (Å²) in [4.78, 5) is 13.5. The Kier molecular flexibility index (Phi) is 9.10. The number of carbonyl (C=O) groups is 1. The monoisotopic (exact) mass is 480 g/mol. The molecule has 0 aliphatic heterocycles. The summed E-state index contributed by atoms with van der Waals surface area (Å²) in [5, 5.41) is 4.83. The molecule has 1 heterocycles. The van der Waals surface area contributed by atoms with Crippen molar-refractivity contribution < 1.29 is 17.4 Å². The molecule has 0 spiro atoms. The second kappa shape index (κ2) is 11.1. The van der Waals surface area contributed by atoms with Gasteiger partial charge in [0, 0.05) is 17.1 Å². The van der Waals surface area contributed by atoms with Crippen molar-refractivity contribution >= 4 is 33.1 Å². The van der Waals surface area contributed by atoms with Crippen molar-refractivity contribution in [3.63, 3.8) is 0 Å². The normalized spacial score (nSPS) is 11.5. The van der Waals surface area contributed by atoms with Crippen LogP contribution in [0.5, 0.6) is 5.88 Å². The third-order valence-electron chi connectivity index (χ3n) is 5.50. The molecule has 0 amide bonds. The molecule has 0 radical (unpaired) electrons. The van der Waals surface area contributed by atoms with Gasteiger partial charge in [0.05, 0.1) is 11.9 Å². The predicted octanol–water partition coefficient (Wildman–Crippen LogP) is 6.20. The number of nitrogens with zero attached hydrogens (tertiary/aromatic N) is 2. The van der Waals surface area contributed by atoms with Gasteiger partial charge in [-0.2, -0.15) is 13.5 Å². The fourth-order valence-electron chi connectivity index (χ4n) is 3.35. The number of aromatic nitrogens is 2. The summed E-state index contributed by atoms with van der Waals surface area (Å²) in [5.74, 6) is -0.472. The number of rotatable bonds is 11. The van der Waals surface area contributed by atoms with Crippen LogP contribution in [0.15, 0.2) is 23.9 Å². The molecular weight excluding hydrogens is 448 g/mol. The summed E-state index contributed by atoms with van der Waals surface area (Å²) < 4.78 is 32.0. The maximum absolute atomic E-state index is 13.5. The van der Waals surface area contributed by atoms with Crippen molar-refractivity contribution in [3.8, 4) is 5.88 Å². The van der Waals surface area contributed by atoms with Crippen molar-refractivity contribution in [3.05, 3.63) is 51.2 Å². The SMILES string of the molecule is CCCCn1ncc(C(=O)c2ccc(Cl)c(C(C)=C(C)C)c2C)c1OS(=O)(=O)CCCC. The van der Waals surface area contributed by atoms with E-state index in [4.69, 9.17) is 15.8 Å². The average molecular weight is 481 g/mol. The van der Waals surface area contributed by atoms with Crippen LogP contribution in [-0.2, 0) is 16.7 Å². The van der Waals surface area contributed by atoms with Crippen LogP contribution in [0.4, 0.5) is 0 Å². The number of halogens is 1. The van der Waals surface area contributed by atoms with E-state index in [1.807, 2.05) is 41.5 Å². The van der Waals surface area contributed by atoms with Crippen LogP contribution < -0.4 is 4.18 Å². The molecule has 0 aliphatic rings. The standard InChI is InChI=1S/C24H33ClN2O4S/c1-7-9-13-27-24(31-32(29,30)14-10-8-2)20(15-26-27)23(28)19-11-12-21(25)22(18(19)6)17(5)16(3)4/h11-12,15H,7-10,13-14H2,1-6H3. The van der Waals surface area contributed by atoms with Gasteiger partial charge in [-0.15, -0.1) is 0 Å². The average Bonchev–Trinajstić information content (AvgIpc) is 3.11. The van der Waals surface area contributed by atoms with E-state index >= 15 is 0 Å². The van der Waals surface area contributed by atoms with Crippen molar-refractivity contribution in [2.45, 2.75) is 73.8 Å². The minimum absolute atomic E-state index is 0.0191. The lowest BCUT2D eigenvalue weighted by Gasteiger charge is -2.15. The summed E-state index contributed by atoms with van der Waals surface area (Å²) in [6, 6.07) is 3.37. The van der Waals surface area contributed by atoms with Gasteiger partial charge in [0.2, 0.25) is 5.88 Å². The number of allylic oxidation sites excluding steroid dienone is 2. The van der Waals surface area contributed by atoms with Crippen LogP contribution in [0.1, 0.15) is 87.4 Å². The molecule has 32 heavy (non-hydrogen) atoms. The topological polar surface area (TPSA) is 78.3 Å². The molecule has 2 rings (SSSR count). The summed E-state index contributed by atoms with van der Waals surface area (Å²) in [7, 11) is -3.84. The largest absolute Gasteiger partial charge is 0.361 e. The summed E-state index contributed by atoms with van der Waals surface area (Å²) in [6.45, 7) is 12.2. The van der Waals surface area contributed by atoms with Gasteiger partial charge >= 0.3 is 10.1 Å². The highest BCUT2D eigenvalue weighted by Gasteiger charge is 2.27. The molecule has 176 valence electrons. The lowest BCUT2D eigenvalue weighted by molar-refractivity contribution is 0.103. The Labute approximate surface area is 196 Å². The summed E-state index contributed by atoms with van der Waals surface area (Å²) in [6.07, 6.45) is 4.28.